The maximum absolute atomic E-state index is 13.3. The number of hydrogen-bond acceptors (Lipinski definition) is 2. The predicted molar refractivity (Wildman–Crippen MR) is 77.8 cm³/mol. The topological polar surface area (TPSA) is 23.6 Å². The maximum atomic E-state index is 13.3. The second-order valence-corrected chi connectivity index (χ2v) is 5.71. The number of nitrogens with zero attached hydrogens (tertiary/aromatic N) is 2. The van der Waals surface area contributed by atoms with Gasteiger partial charge in [0.05, 0.1) is 6.54 Å². The number of halogens is 2. The molecule has 1 aliphatic heterocycles. The highest BCUT2D eigenvalue weighted by molar-refractivity contribution is 5.78. The van der Waals surface area contributed by atoms with Gasteiger partial charge in [-0.2, -0.15) is 0 Å². The Bertz CT molecular complexity index is 501. The lowest BCUT2D eigenvalue weighted by molar-refractivity contribution is -0.133. The molecule has 0 aromatic heterocycles. The molecule has 1 unspecified atom stereocenters. The molecule has 2 rings (SSSR count). The van der Waals surface area contributed by atoms with Crippen molar-refractivity contribution in [3.05, 3.63) is 35.4 Å². The number of likely N-dealkylation sites (tertiary alicyclic amines) is 1. The maximum Gasteiger partial charge on any atom is 0.236 e. The Balaban J connectivity index is 1.96. The zero-order valence-corrected chi connectivity index (χ0v) is 12.6. The standard InChI is InChI=1S/C16H22F2N2O/c1-12(13-6-7-14(17)15(18)10-13)19(2)11-16(21)20-8-4-3-5-9-20/h6-7,10,12H,3-5,8-9,11H2,1-2H3. The molecule has 1 amide bonds. The molecule has 0 saturated carbocycles. The van der Waals surface area contributed by atoms with Gasteiger partial charge in [0.1, 0.15) is 0 Å². The van der Waals surface area contributed by atoms with Gasteiger partial charge >= 0.3 is 0 Å². The van der Waals surface area contributed by atoms with Gasteiger partial charge in [-0.3, -0.25) is 9.69 Å². The molecule has 21 heavy (non-hydrogen) atoms. The summed E-state index contributed by atoms with van der Waals surface area (Å²) >= 11 is 0. The normalized spacial score (nSPS) is 17.1. The van der Waals surface area contributed by atoms with Crippen LogP contribution in [0, 0.1) is 11.6 Å². The van der Waals surface area contributed by atoms with Crippen LogP contribution in [0.4, 0.5) is 8.78 Å². The summed E-state index contributed by atoms with van der Waals surface area (Å²) < 4.78 is 26.3. The van der Waals surface area contributed by atoms with E-state index in [2.05, 4.69) is 0 Å². The Labute approximate surface area is 124 Å². The Morgan fingerprint density at radius 1 is 1.24 bits per heavy atom. The van der Waals surface area contributed by atoms with Crippen molar-refractivity contribution in [2.75, 3.05) is 26.7 Å². The molecule has 1 aliphatic rings. The number of carbonyl (C=O) groups is 1. The van der Waals surface area contributed by atoms with Gasteiger partial charge in [-0.15, -0.1) is 0 Å². The number of rotatable bonds is 4. The first-order valence-corrected chi connectivity index (χ1v) is 7.42. The van der Waals surface area contributed by atoms with Crippen molar-refractivity contribution in [1.82, 2.24) is 9.80 Å². The van der Waals surface area contributed by atoms with E-state index in [-0.39, 0.29) is 11.9 Å². The highest BCUT2D eigenvalue weighted by Crippen LogP contribution is 2.21. The van der Waals surface area contributed by atoms with Crippen LogP contribution in [-0.2, 0) is 4.79 Å². The van der Waals surface area contributed by atoms with Gasteiger partial charge in [-0.25, -0.2) is 8.78 Å². The zero-order valence-electron chi connectivity index (χ0n) is 12.6. The molecule has 0 aliphatic carbocycles. The molecular weight excluding hydrogens is 274 g/mol. The number of piperidine rings is 1. The third kappa shape index (κ3) is 4.00. The molecular formula is C16H22F2N2O. The molecule has 0 radical (unpaired) electrons. The fourth-order valence-corrected chi connectivity index (χ4v) is 2.62. The molecule has 1 aromatic rings. The van der Waals surface area contributed by atoms with Crippen LogP contribution in [0.2, 0.25) is 0 Å². The van der Waals surface area contributed by atoms with Crippen LogP contribution in [0.3, 0.4) is 0 Å². The zero-order chi connectivity index (χ0) is 15.4. The van der Waals surface area contributed by atoms with Gasteiger partial charge in [0, 0.05) is 19.1 Å². The summed E-state index contributed by atoms with van der Waals surface area (Å²) in [6.07, 6.45) is 3.31. The van der Waals surface area contributed by atoms with Crippen molar-refractivity contribution < 1.29 is 13.6 Å². The Hall–Kier alpha value is -1.49. The molecule has 1 fully saturated rings. The summed E-state index contributed by atoms with van der Waals surface area (Å²) in [7, 11) is 1.83. The second kappa shape index (κ2) is 6.98. The highest BCUT2D eigenvalue weighted by atomic mass is 19.2. The van der Waals surface area contributed by atoms with Gasteiger partial charge < -0.3 is 4.90 Å². The average molecular weight is 296 g/mol. The monoisotopic (exact) mass is 296 g/mol. The predicted octanol–water partition coefficient (Wildman–Crippen LogP) is 2.97. The van der Waals surface area contributed by atoms with Crippen LogP contribution in [0.25, 0.3) is 0 Å². The van der Waals surface area contributed by atoms with E-state index >= 15 is 0 Å². The van der Waals surface area contributed by atoms with Gasteiger partial charge in [0.15, 0.2) is 11.6 Å². The van der Waals surface area contributed by atoms with Gasteiger partial charge in [-0.1, -0.05) is 6.07 Å². The van der Waals surface area contributed by atoms with Crippen molar-refractivity contribution in [3.8, 4) is 0 Å². The van der Waals surface area contributed by atoms with Crippen LogP contribution < -0.4 is 0 Å². The number of hydrogen-bond donors (Lipinski definition) is 0. The summed E-state index contributed by atoms with van der Waals surface area (Å²) in [4.78, 5) is 16.0. The Morgan fingerprint density at radius 2 is 1.90 bits per heavy atom. The van der Waals surface area contributed by atoms with Crippen LogP contribution in [0.15, 0.2) is 18.2 Å². The van der Waals surface area contributed by atoms with E-state index in [0.717, 1.165) is 32.0 Å². The highest BCUT2D eigenvalue weighted by Gasteiger charge is 2.21. The smallest absolute Gasteiger partial charge is 0.236 e. The largest absolute Gasteiger partial charge is 0.342 e. The molecule has 3 nitrogen and oxygen atoms in total. The van der Waals surface area contributed by atoms with Crippen molar-refractivity contribution in [2.24, 2.45) is 0 Å². The van der Waals surface area contributed by atoms with Crippen LogP contribution in [0.5, 0.6) is 0 Å². The summed E-state index contributed by atoms with van der Waals surface area (Å²) in [5.74, 6) is -1.60. The first-order valence-electron chi connectivity index (χ1n) is 7.42. The molecule has 1 heterocycles. The lowest BCUT2D eigenvalue weighted by Gasteiger charge is -2.31. The van der Waals surface area contributed by atoms with E-state index in [9.17, 15) is 13.6 Å². The van der Waals surface area contributed by atoms with E-state index in [1.807, 2.05) is 23.8 Å². The van der Waals surface area contributed by atoms with Crippen molar-refractivity contribution in [1.29, 1.82) is 0 Å². The van der Waals surface area contributed by atoms with Crippen LogP contribution in [-0.4, -0.2) is 42.4 Å². The lowest BCUT2D eigenvalue weighted by Crippen LogP contribution is -2.42. The van der Waals surface area contributed by atoms with Crippen LogP contribution in [0.1, 0.15) is 37.8 Å². The SMILES string of the molecule is CC(c1ccc(F)c(F)c1)N(C)CC(=O)N1CCCCC1. The van der Waals surface area contributed by atoms with Crippen LogP contribution >= 0.6 is 0 Å². The van der Waals surface area contributed by atoms with E-state index in [1.165, 1.54) is 12.5 Å². The Kier molecular flexibility index (Phi) is 5.28. The lowest BCUT2D eigenvalue weighted by atomic mass is 10.1. The van der Waals surface area contributed by atoms with Gasteiger partial charge in [-0.05, 0) is 50.9 Å². The molecule has 5 heteroatoms. The van der Waals surface area contributed by atoms with E-state index in [4.69, 9.17) is 0 Å². The summed E-state index contributed by atoms with van der Waals surface area (Å²) in [6.45, 7) is 3.83. The number of carbonyl (C=O) groups excluding carboxylic acids is 1. The molecule has 0 bridgehead atoms. The number of amides is 1. The fraction of sp³-hybridized carbons (Fsp3) is 0.562. The minimum Gasteiger partial charge on any atom is -0.342 e. The quantitative estimate of drug-likeness (QED) is 0.853. The van der Waals surface area contributed by atoms with Gasteiger partial charge in [0.2, 0.25) is 5.91 Å². The molecule has 0 N–H and O–H groups in total. The van der Waals surface area contributed by atoms with Crippen molar-refractivity contribution in [3.63, 3.8) is 0 Å². The Morgan fingerprint density at radius 3 is 2.52 bits per heavy atom. The second-order valence-electron chi connectivity index (χ2n) is 5.71. The average Bonchev–Trinajstić information content (AvgIpc) is 2.50. The summed E-state index contributed by atoms with van der Waals surface area (Å²) in [5.41, 5.74) is 0.669. The minimum atomic E-state index is -0.852. The molecule has 116 valence electrons. The first kappa shape index (κ1) is 15.9. The third-order valence-corrected chi connectivity index (χ3v) is 4.18. The molecule has 1 aromatic carbocycles. The molecule has 1 atom stereocenters. The van der Waals surface area contributed by atoms with Crippen molar-refractivity contribution >= 4 is 5.91 Å². The van der Waals surface area contributed by atoms with Gasteiger partial charge in [0.25, 0.3) is 0 Å². The molecule has 0 spiro atoms. The summed E-state index contributed by atoms with van der Waals surface area (Å²) in [6, 6.07) is 3.74. The molecule has 1 saturated heterocycles. The number of benzene rings is 1. The van der Waals surface area contributed by atoms with E-state index in [0.29, 0.717) is 12.1 Å². The number of likely N-dealkylation sites (N-methyl/N-ethyl adjacent to an activating group) is 1. The minimum absolute atomic E-state index is 0.103. The third-order valence-electron chi connectivity index (χ3n) is 4.18. The van der Waals surface area contributed by atoms with E-state index < -0.39 is 11.6 Å². The summed E-state index contributed by atoms with van der Waals surface area (Å²) in [5, 5.41) is 0. The fourth-order valence-electron chi connectivity index (χ4n) is 2.62. The van der Waals surface area contributed by atoms with Crippen molar-refractivity contribution in [2.45, 2.75) is 32.2 Å². The first-order chi connectivity index (χ1) is 9.99. The van der Waals surface area contributed by atoms with E-state index in [1.54, 1.807) is 6.07 Å².